The Bertz CT molecular complexity index is 804. The first-order valence-corrected chi connectivity index (χ1v) is 16.5. The third-order valence-corrected chi connectivity index (χ3v) is 7.91. The minimum Gasteiger partial charge on any atom is -0.504 e. The SMILES string of the molecule is CCCCCCCCCCCCc1ccc(O)c(Oc2cc(CCCCCCCCCCCC)ccc2O)c1. The summed E-state index contributed by atoms with van der Waals surface area (Å²) in [5.41, 5.74) is 2.34. The first-order chi connectivity index (χ1) is 19.1. The maximum Gasteiger partial charge on any atom is 0.169 e. The number of ether oxygens (including phenoxy) is 1. The highest BCUT2D eigenvalue weighted by atomic mass is 16.5. The molecule has 0 aromatic heterocycles. The van der Waals surface area contributed by atoms with E-state index in [4.69, 9.17) is 4.74 Å². The lowest BCUT2D eigenvalue weighted by Gasteiger charge is -2.12. The number of rotatable bonds is 24. The fraction of sp³-hybridized carbons (Fsp3) is 0.667. The van der Waals surface area contributed by atoms with Gasteiger partial charge in [-0.25, -0.2) is 0 Å². The van der Waals surface area contributed by atoms with Gasteiger partial charge in [0.15, 0.2) is 23.0 Å². The van der Waals surface area contributed by atoms with E-state index in [0.717, 1.165) is 25.7 Å². The van der Waals surface area contributed by atoms with Crippen LogP contribution in [0.25, 0.3) is 0 Å². The van der Waals surface area contributed by atoms with Crippen molar-refractivity contribution in [3.8, 4) is 23.0 Å². The average Bonchev–Trinajstić information content (AvgIpc) is 2.94. The van der Waals surface area contributed by atoms with Gasteiger partial charge in [0.05, 0.1) is 0 Å². The number of phenolic OH excluding ortho intramolecular Hbond substituents is 2. The standard InChI is InChI=1S/C36H58O3/c1-3-5-7-9-11-13-15-17-19-21-23-31-25-27-33(37)35(29-31)39-36-30-32(26-28-34(36)38)24-22-20-18-16-14-12-10-8-6-4-2/h25-30,37-38H,3-24H2,1-2H3. The molecule has 0 aliphatic rings. The van der Waals surface area contributed by atoms with Gasteiger partial charge in [0.2, 0.25) is 0 Å². The Kier molecular flexibility index (Phi) is 18.3. The molecule has 0 atom stereocenters. The monoisotopic (exact) mass is 538 g/mol. The fourth-order valence-electron chi connectivity index (χ4n) is 5.34. The highest BCUT2D eigenvalue weighted by Gasteiger charge is 2.10. The molecule has 0 saturated carbocycles. The minimum absolute atomic E-state index is 0.112. The van der Waals surface area contributed by atoms with Crippen molar-refractivity contribution < 1.29 is 14.9 Å². The number of phenols is 2. The first kappa shape index (κ1) is 33.0. The summed E-state index contributed by atoms with van der Waals surface area (Å²) >= 11 is 0. The van der Waals surface area contributed by atoms with Gasteiger partial charge >= 0.3 is 0 Å². The van der Waals surface area contributed by atoms with Gasteiger partial charge < -0.3 is 14.9 Å². The topological polar surface area (TPSA) is 49.7 Å². The molecule has 0 radical (unpaired) electrons. The van der Waals surface area contributed by atoms with Gasteiger partial charge in [0.1, 0.15) is 0 Å². The van der Waals surface area contributed by atoms with Crippen LogP contribution < -0.4 is 4.74 Å². The molecule has 220 valence electrons. The Morgan fingerprint density at radius 3 is 1.08 bits per heavy atom. The number of benzene rings is 2. The predicted octanol–water partition coefficient (Wildman–Crippen LogP) is 11.8. The summed E-state index contributed by atoms with van der Waals surface area (Å²) in [5, 5.41) is 20.8. The number of unbranched alkanes of at least 4 members (excludes halogenated alkanes) is 18. The van der Waals surface area contributed by atoms with Crippen molar-refractivity contribution >= 4 is 0 Å². The van der Waals surface area contributed by atoms with Crippen LogP contribution in [0.3, 0.4) is 0 Å². The van der Waals surface area contributed by atoms with Crippen LogP contribution in [0.2, 0.25) is 0 Å². The molecule has 2 aromatic carbocycles. The summed E-state index contributed by atoms with van der Waals surface area (Å²) in [6.07, 6.45) is 28.5. The number of aromatic hydroxyl groups is 2. The number of hydrogen-bond acceptors (Lipinski definition) is 3. The molecule has 0 heterocycles. The zero-order chi connectivity index (χ0) is 28.0. The highest BCUT2D eigenvalue weighted by molar-refractivity contribution is 5.49. The lowest BCUT2D eigenvalue weighted by Crippen LogP contribution is -1.92. The second kappa shape index (κ2) is 21.6. The minimum atomic E-state index is 0.112. The average molecular weight is 539 g/mol. The molecule has 0 aliphatic heterocycles. The summed E-state index contributed by atoms with van der Waals surface area (Å²) in [4.78, 5) is 0. The van der Waals surface area contributed by atoms with Gasteiger partial charge in [-0.3, -0.25) is 0 Å². The van der Waals surface area contributed by atoms with Crippen LogP contribution in [0.5, 0.6) is 23.0 Å². The van der Waals surface area contributed by atoms with Crippen molar-refractivity contribution in [2.45, 2.75) is 155 Å². The molecule has 3 nitrogen and oxygen atoms in total. The number of hydrogen-bond donors (Lipinski definition) is 2. The molecule has 0 fully saturated rings. The van der Waals surface area contributed by atoms with E-state index in [2.05, 4.69) is 13.8 Å². The molecule has 0 unspecified atom stereocenters. The molecule has 2 rings (SSSR count). The van der Waals surface area contributed by atoms with Crippen LogP contribution in [0, 0.1) is 0 Å². The summed E-state index contributed by atoms with van der Waals surface area (Å²) in [6.45, 7) is 4.54. The van der Waals surface area contributed by atoms with Gasteiger partial charge in [-0.15, -0.1) is 0 Å². The molecule has 0 saturated heterocycles. The second-order valence-corrected chi connectivity index (χ2v) is 11.6. The predicted molar refractivity (Wildman–Crippen MR) is 167 cm³/mol. The van der Waals surface area contributed by atoms with E-state index in [1.54, 1.807) is 12.1 Å². The van der Waals surface area contributed by atoms with Crippen molar-refractivity contribution in [1.82, 2.24) is 0 Å². The molecule has 2 aromatic rings. The van der Waals surface area contributed by atoms with E-state index < -0.39 is 0 Å². The summed E-state index contributed by atoms with van der Waals surface area (Å²) in [6, 6.07) is 11.3. The van der Waals surface area contributed by atoms with E-state index in [9.17, 15) is 10.2 Å². The Morgan fingerprint density at radius 1 is 0.436 bits per heavy atom. The zero-order valence-electron chi connectivity index (χ0n) is 25.3. The normalized spacial score (nSPS) is 11.2. The second-order valence-electron chi connectivity index (χ2n) is 11.6. The van der Waals surface area contributed by atoms with Crippen LogP contribution in [-0.2, 0) is 12.8 Å². The lowest BCUT2D eigenvalue weighted by atomic mass is 10.0. The smallest absolute Gasteiger partial charge is 0.169 e. The van der Waals surface area contributed by atoms with E-state index in [-0.39, 0.29) is 11.5 Å². The quantitative estimate of drug-likeness (QED) is 0.131. The van der Waals surface area contributed by atoms with E-state index in [1.165, 1.54) is 127 Å². The van der Waals surface area contributed by atoms with Crippen molar-refractivity contribution in [2.24, 2.45) is 0 Å². The Labute approximate surface area is 240 Å². The van der Waals surface area contributed by atoms with E-state index >= 15 is 0 Å². The van der Waals surface area contributed by atoms with Gasteiger partial charge in [0.25, 0.3) is 0 Å². The molecule has 2 N–H and O–H groups in total. The zero-order valence-corrected chi connectivity index (χ0v) is 25.3. The molecule has 0 amide bonds. The maximum absolute atomic E-state index is 10.4. The largest absolute Gasteiger partial charge is 0.504 e. The van der Waals surface area contributed by atoms with Gasteiger partial charge in [0, 0.05) is 0 Å². The first-order valence-electron chi connectivity index (χ1n) is 16.5. The third-order valence-electron chi connectivity index (χ3n) is 7.91. The molecule has 0 bridgehead atoms. The van der Waals surface area contributed by atoms with Crippen LogP contribution >= 0.6 is 0 Å². The van der Waals surface area contributed by atoms with Crippen LogP contribution in [0.4, 0.5) is 0 Å². The molecule has 39 heavy (non-hydrogen) atoms. The van der Waals surface area contributed by atoms with Gasteiger partial charge in [-0.05, 0) is 61.1 Å². The molecule has 3 heteroatoms. The van der Waals surface area contributed by atoms with Crippen molar-refractivity contribution in [3.63, 3.8) is 0 Å². The Morgan fingerprint density at radius 2 is 0.744 bits per heavy atom. The lowest BCUT2D eigenvalue weighted by molar-refractivity contribution is 0.384. The number of aryl methyl sites for hydroxylation is 2. The summed E-state index contributed by atoms with van der Waals surface area (Å²) in [7, 11) is 0. The van der Waals surface area contributed by atoms with E-state index in [1.807, 2.05) is 24.3 Å². The summed E-state index contributed by atoms with van der Waals surface area (Å²) < 4.78 is 6.02. The Balaban J connectivity index is 1.70. The van der Waals surface area contributed by atoms with Gasteiger partial charge in [-0.2, -0.15) is 0 Å². The van der Waals surface area contributed by atoms with Crippen molar-refractivity contribution in [2.75, 3.05) is 0 Å². The molecule has 0 aliphatic carbocycles. The Hall–Kier alpha value is -2.16. The fourth-order valence-corrected chi connectivity index (χ4v) is 5.34. The maximum atomic E-state index is 10.4. The van der Waals surface area contributed by atoms with Gasteiger partial charge in [-0.1, -0.05) is 142 Å². The third kappa shape index (κ3) is 15.3. The summed E-state index contributed by atoms with van der Waals surface area (Å²) in [5.74, 6) is 1.07. The molecular formula is C36H58O3. The molecule has 0 spiro atoms. The molecular weight excluding hydrogens is 480 g/mol. The van der Waals surface area contributed by atoms with Crippen molar-refractivity contribution in [3.05, 3.63) is 47.5 Å². The highest BCUT2D eigenvalue weighted by Crippen LogP contribution is 2.37. The van der Waals surface area contributed by atoms with Crippen LogP contribution in [0.15, 0.2) is 36.4 Å². The van der Waals surface area contributed by atoms with Crippen LogP contribution in [0.1, 0.15) is 153 Å². The van der Waals surface area contributed by atoms with Crippen LogP contribution in [-0.4, -0.2) is 10.2 Å². The van der Waals surface area contributed by atoms with E-state index in [0.29, 0.717) is 11.5 Å². The van der Waals surface area contributed by atoms with Crippen molar-refractivity contribution in [1.29, 1.82) is 0 Å².